The lowest BCUT2D eigenvalue weighted by atomic mass is 10.1. The maximum absolute atomic E-state index is 6.23. The summed E-state index contributed by atoms with van der Waals surface area (Å²) < 4.78 is 41.0. The van der Waals surface area contributed by atoms with Gasteiger partial charge in [-0.3, -0.25) is 0 Å². The number of benzene rings is 2. The van der Waals surface area contributed by atoms with Crippen molar-refractivity contribution in [1.82, 2.24) is 0 Å². The van der Waals surface area contributed by atoms with Crippen molar-refractivity contribution >= 4 is 0 Å². The van der Waals surface area contributed by atoms with Crippen LogP contribution in [0, 0.1) is 23.7 Å². The molecule has 4 rings (SSSR count). The highest BCUT2D eigenvalue weighted by Crippen LogP contribution is 2.31. The van der Waals surface area contributed by atoms with E-state index in [1.807, 2.05) is 76.2 Å². The molecule has 0 atom stereocenters. The van der Waals surface area contributed by atoms with Crippen LogP contribution in [0.2, 0.25) is 0 Å². The van der Waals surface area contributed by atoms with Gasteiger partial charge in [0.1, 0.15) is 35.9 Å². The van der Waals surface area contributed by atoms with E-state index in [9.17, 15) is 0 Å². The van der Waals surface area contributed by atoms with E-state index < -0.39 is 23.8 Å². The SMILES string of the molecule is CC(C)(C#CCOc1ccccc1C1OCCCO1)OC(C)(C)C#CCOc1ccccc1C1OCCCO1. The standard InChI is InChI=1S/C32H38O7/c1-31(2,17-9-19-33-27-15-7-5-13-25(27)29-35-21-11-22-36-29)39-32(3,4)18-10-20-34-28-16-8-6-14-26(28)30-37-23-12-24-38-30/h5-8,13-16,29-30H,11-12,19-24H2,1-4H3. The third-order valence-corrected chi connectivity index (χ3v) is 5.89. The van der Waals surface area contributed by atoms with Crippen molar-refractivity contribution in [3.8, 4) is 35.2 Å². The lowest BCUT2D eigenvalue weighted by Gasteiger charge is -2.29. The van der Waals surface area contributed by atoms with Gasteiger partial charge >= 0.3 is 0 Å². The maximum atomic E-state index is 6.23. The van der Waals surface area contributed by atoms with E-state index in [0.717, 1.165) is 24.0 Å². The van der Waals surface area contributed by atoms with Crippen molar-refractivity contribution in [1.29, 1.82) is 0 Å². The van der Waals surface area contributed by atoms with Crippen LogP contribution in [0.4, 0.5) is 0 Å². The summed E-state index contributed by atoms with van der Waals surface area (Å²) >= 11 is 0. The van der Waals surface area contributed by atoms with E-state index in [4.69, 9.17) is 33.2 Å². The first-order valence-electron chi connectivity index (χ1n) is 13.4. The van der Waals surface area contributed by atoms with Crippen LogP contribution in [-0.4, -0.2) is 50.8 Å². The van der Waals surface area contributed by atoms with E-state index in [0.29, 0.717) is 37.9 Å². The summed E-state index contributed by atoms with van der Waals surface area (Å²) in [7, 11) is 0. The van der Waals surface area contributed by atoms with Gasteiger partial charge in [-0.15, -0.1) is 0 Å². The van der Waals surface area contributed by atoms with E-state index in [1.54, 1.807) is 0 Å². The Hall–Kier alpha value is -3.04. The minimum Gasteiger partial charge on any atom is -0.480 e. The molecule has 39 heavy (non-hydrogen) atoms. The monoisotopic (exact) mass is 534 g/mol. The van der Waals surface area contributed by atoms with Crippen LogP contribution in [0.25, 0.3) is 0 Å². The van der Waals surface area contributed by atoms with E-state index in [-0.39, 0.29) is 13.2 Å². The zero-order valence-electron chi connectivity index (χ0n) is 23.3. The Morgan fingerprint density at radius 2 is 1.03 bits per heavy atom. The molecule has 0 radical (unpaired) electrons. The summed E-state index contributed by atoms with van der Waals surface area (Å²) in [5.74, 6) is 13.9. The molecule has 7 nitrogen and oxygen atoms in total. The fraction of sp³-hybridized carbons (Fsp3) is 0.500. The van der Waals surface area contributed by atoms with Crippen LogP contribution in [0.3, 0.4) is 0 Å². The van der Waals surface area contributed by atoms with Crippen LogP contribution < -0.4 is 9.47 Å². The topological polar surface area (TPSA) is 64.6 Å². The molecule has 2 aliphatic heterocycles. The third kappa shape index (κ3) is 9.00. The lowest BCUT2D eigenvalue weighted by Crippen LogP contribution is -2.35. The average Bonchev–Trinajstić information content (AvgIpc) is 2.94. The van der Waals surface area contributed by atoms with Crippen molar-refractivity contribution in [2.75, 3.05) is 39.6 Å². The first-order valence-corrected chi connectivity index (χ1v) is 13.4. The van der Waals surface area contributed by atoms with Gasteiger partial charge in [0.25, 0.3) is 0 Å². The molecule has 208 valence electrons. The predicted molar refractivity (Wildman–Crippen MR) is 147 cm³/mol. The van der Waals surface area contributed by atoms with Gasteiger partial charge < -0.3 is 33.2 Å². The van der Waals surface area contributed by atoms with Crippen molar-refractivity contribution in [3.63, 3.8) is 0 Å². The molecule has 0 aliphatic carbocycles. The number of rotatable bonds is 8. The molecule has 0 spiro atoms. The molecular weight excluding hydrogens is 496 g/mol. The Labute approximate surface area is 232 Å². The largest absolute Gasteiger partial charge is 0.480 e. The predicted octanol–water partition coefficient (Wildman–Crippen LogP) is 5.60. The average molecular weight is 535 g/mol. The molecule has 0 unspecified atom stereocenters. The smallest absolute Gasteiger partial charge is 0.187 e. The van der Waals surface area contributed by atoms with Gasteiger partial charge in [-0.2, -0.15) is 0 Å². The Morgan fingerprint density at radius 1 is 0.641 bits per heavy atom. The molecule has 0 bridgehead atoms. The zero-order valence-corrected chi connectivity index (χ0v) is 23.3. The molecule has 2 heterocycles. The molecule has 0 amide bonds. The summed E-state index contributed by atoms with van der Waals surface area (Å²) in [6, 6.07) is 15.4. The molecule has 2 aromatic carbocycles. The number of hydrogen-bond donors (Lipinski definition) is 0. The van der Waals surface area contributed by atoms with Crippen LogP contribution in [0.1, 0.15) is 64.2 Å². The van der Waals surface area contributed by atoms with Gasteiger partial charge in [0.05, 0.1) is 26.4 Å². The number of para-hydroxylation sites is 2. The second kappa shape index (κ2) is 13.8. The highest BCUT2D eigenvalue weighted by molar-refractivity contribution is 5.36. The minimum atomic E-state index is -0.736. The molecule has 0 aromatic heterocycles. The Morgan fingerprint density at radius 3 is 1.44 bits per heavy atom. The van der Waals surface area contributed by atoms with Gasteiger partial charge in [-0.25, -0.2) is 0 Å². The third-order valence-electron chi connectivity index (χ3n) is 5.89. The lowest BCUT2D eigenvalue weighted by molar-refractivity contribution is -0.183. The van der Waals surface area contributed by atoms with Crippen molar-refractivity contribution in [2.24, 2.45) is 0 Å². The van der Waals surface area contributed by atoms with E-state index in [1.165, 1.54) is 0 Å². The summed E-state index contributed by atoms with van der Waals surface area (Å²) in [5, 5.41) is 0. The molecule has 7 heteroatoms. The fourth-order valence-electron chi connectivity index (χ4n) is 4.36. The Balaban J connectivity index is 1.28. The summed E-state index contributed by atoms with van der Waals surface area (Å²) in [6.07, 6.45) is 0.974. The highest BCUT2D eigenvalue weighted by atomic mass is 16.7. The van der Waals surface area contributed by atoms with Crippen LogP contribution in [0.15, 0.2) is 48.5 Å². The van der Waals surface area contributed by atoms with Crippen molar-refractivity contribution < 1.29 is 33.2 Å². The molecule has 0 N–H and O–H groups in total. The first-order chi connectivity index (χ1) is 18.8. The summed E-state index contributed by atoms with van der Waals surface area (Å²) in [5.41, 5.74) is 0.267. The maximum Gasteiger partial charge on any atom is 0.187 e. The van der Waals surface area contributed by atoms with Gasteiger partial charge in [-0.05, 0) is 52.7 Å². The number of ether oxygens (including phenoxy) is 7. The fourth-order valence-corrected chi connectivity index (χ4v) is 4.36. The van der Waals surface area contributed by atoms with Gasteiger partial charge in [0, 0.05) is 11.1 Å². The first kappa shape index (κ1) is 29.0. The van der Waals surface area contributed by atoms with Crippen LogP contribution >= 0.6 is 0 Å². The second-order valence-corrected chi connectivity index (χ2v) is 10.2. The molecule has 2 fully saturated rings. The molecule has 0 saturated carbocycles. The summed E-state index contributed by atoms with van der Waals surface area (Å²) in [4.78, 5) is 0. The Bertz CT molecular complexity index is 1090. The molecule has 2 saturated heterocycles. The normalized spacial score (nSPS) is 16.9. The van der Waals surface area contributed by atoms with Crippen LogP contribution in [-0.2, 0) is 23.7 Å². The van der Waals surface area contributed by atoms with Gasteiger partial charge in [0.15, 0.2) is 12.6 Å². The Kier molecular flexibility index (Phi) is 10.3. The second-order valence-electron chi connectivity index (χ2n) is 10.2. The summed E-state index contributed by atoms with van der Waals surface area (Å²) in [6.45, 7) is 10.8. The van der Waals surface area contributed by atoms with Crippen LogP contribution in [0.5, 0.6) is 11.5 Å². The molecule has 2 aliphatic rings. The minimum absolute atomic E-state index is 0.213. The number of hydrogen-bond acceptors (Lipinski definition) is 7. The van der Waals surface area contributed by atoms with Gasteiger partial charge in [-0.1, -0.05) is 60.1 Å². The quantitative estimate of drug-likeness (QED) is 0.409. The van der Waals surface area contributed by atoms with Crippen molar-refractivity contribution in [3.05, 3.63) is 59.7 Å². The van der Waals surface area contributed by atoms with E-state index in [2.05, 4.69) is 23.7 Å². The molecule has 2 aromatic rings. The van der Waals surface area contributed by atoms with Crippen molar-refractivity contribution in [2.45, 2.75) is 64.3 Å². The zero-order chi connectivity index (χ0) is 27.6. The van der Waals surface area contributed by atoms with E-state index >= 15 is 0 Å². The highest BCUT2D eigenvalue weighted by Gasteiger charge is 2.26. The van der Waals surface area contributed by atoms with Gasteiger partial charge in [0.2, 0.25) is 0 Å². The molecular formula is C32H38O7.